The lowest BCUT2D eigenvalue weighted by molar-refractivity contribution is 0.218. The fraction of sp³-hybridized carbons (Fsp3) is 0.167. The molecule has 1 aromatic carbocycles. The standard InChI is InChI=1S/C12H11BrN2O/c1-8-4-10(13)2-3-11(8)12(16)9-5-14-7-15-6-9/h2-7,12,16H,1H3. The lowest BCUT2D eigenvalue weighted by atomic mass is 10.00. The summed E-state index contributed by atoms with van der Waals surface area (Å²) in [5.74, 6) is 0. The Labute approximate surface area is 102 Å². The Morgan fingerprint density at radius 3 is 2.56 bits per heavy atom. The van der Waals surface area contributed by atoms with Crippen LogP contribution < -0.4 is 0 Å². The van der Waals surface area contributed by atoms with E-state index < -0.39 is 6.10 Å². The number of aryl methyl sites for hydroxylation is 1. The quantitative estimate of drug-likeness (QED) is 0.919. The highest BCUT2D eigenvalue weighted by Gasteiger charge is 2.13. The number of rotatable bonds is 2. The van der Waals surface area contributed by atoms with E-state index in [2.05, 4.69) is 25.9 Å². The van der Waals surface area contributed by atoms with Gasteiger partial charge in [0.2, 0.25) is 0 Å². The molecule has 0 spiro atoms. The zero-order valence-corrected chi connectivity index (χ0v) is 10.3. The summed E-state index contributed by atoms with van der Waals surface area (Å²) in [6.07, 6.45) is 4.03. The van der Waals surface area contributed by atoms with E-state index in [1.54, 1.807) is 12.4 Å². The summed E-state index contributed by atoms with van der Waals surface area (Å²) in [5.41, 5.74) is 2.61. The zero-order chi connectivity index (χ0) is 11.5. The predicted octanol–water partition coefficient (Wildman–Crippen LogP) is 2.63. The molecule has 0 fully saturated rings. The molecule has 0 aliphatic carbocycles. The summed E-state index contributed by atoms with van der Waals surface area (Å²) in [4.78, 5) is 7.80. The Balaban J connectivity index is 2.38. The van der Waals surface area contributed by atoms with Gasteiger partial charge in [-0.05, 0) is 30.2 Å². The summed E-state index contributed by atoms with van der Waals surface area (Å²) in [6, 6.07) is 5.79. The van der Waals surface area contributed by atoms with E-state index in [1.807, 2.05) is 25.1 Å². The van der Waals surface area contributed by atoms with E-state index in [0.29, 0.717) is 5.56 Å². The van der Waals surface area contributed by atoms with Gasteiger partial charge in [0, 0.05) is 22.4 Å². The average molecular weight is 279 g/mol. The summed E-state index contributed by atoms with van der Waals surface area (Å²) in [6.45, 7) is 1.97. The number of hydrogen-bond acceptors (Lipinski definition) is 3. The van der Waals surface area contributed by atoms with Crippen molar-refractivity contribution in [1.29, 1.82) is 0 Å². The smallest absolute Gasteiger partial charge is 0.115 e. The Bertz CT molecular complexity index is 488. The SMILES string of the molecule is Cc1cc(Br)ccc1C(O)c1cncnc1. The van der Waals surface area contributed by atoms with Gasteiger partial charge in [0.25, 0.3) is 0 Å². The van der Waals surface area contributed by atoms with Crippen LogP contribution in [0.3, 0.4) is 0 Å². The Morgan fingerprint density at radius 1 is 1.25 bits per heavy atom. The minimum Gasteiger partial charge on any atom is -0.384 e. The normalized spacial score (nSPS) is 12.4. The first kappa shape index (κ1) is 11.2. The second kappa shape index (κ2) is 4.72. The number of halogens is 1. The van der Waals surface area contributed by atoms with Crippen LogP contribution in [0.1, 0.15) is 22.8 Å². The fourth-order valence-corrected chi connectivity index (χ4v) is 2.05. The van der Waals surface area contributed by atoms with E-state index >= 15 is 0 Å². The molecule has 0 saturated carbocycles. The summed E-state index contributed by atoms with van der Waals surface area (Å²) in [5, 5.41) is 10.2. The third-order valence-corrected chi connectivity index (χ3v) is 2.92. The van der Waals surface area contributed by atoms with Gasteiger partial charge in [0.05, 0.1) is 0 Å². The van der Waals surface area contributed by atoms with Gasteiger partial charge in [-0.15, -0.1) is 0 Å². The van der Waals surface area contributed by atoms with Crippen LogP contribution in [-0.4, -0.2) is 15.1 Å². The topological polar surface area (TPSA) is 46.0 Å². The number of aliphatic hydroxyl groups excluding tert-OH is 1. The largest absolute Gasteiger partial charge is 0.384 e. The van der Waals surface area contributed by atoms with Crippen LogP contribution >= 0.6 is 15.9 Å². The van der Waals surface area contributed by atoms with E-state index in [0.717, 1.165) is 15.6 Å². The highest BCUT2D eigenvalue weighted by atomic mass is 79.9. The van der Waals surface area contributed by atoms with Crippen molar-refractivity contribution in [1.82, 2.24) is 9.97 Å². The molecule has 0 bridgehead atoms. The lowest BCUT2D eigenvalue weighted by Gasteiger charge is -2.13. The van der Waals surface area contributed by atoms with E-state index in [4.69, 9.17) is 0 Å². The molecular formula is C12H11BrN2O. The van der Waals surface area contributed by atoms with Gasteiger partial charge in [-0.25, -0.2) is 9.97 Å². The monoisotopic (exact) mass is 278 g/mol. The number of aliphatic hydroxyl groups is 1. The van der Waals surface area contributed by atoms with Crippen LogP contribution in [0.4, 0.5) is 0 Å². The molecule has 16 heavy (non-hydrogen) atoms. The summed E-state index contributed by atoms with van der Waals surface area (Å²) < 4.78 is 1.00. The van der Waals surface area contributed by atoms with Crippen molar-refractivity contribution < 1.29 is 5.11 Å². The minimum absolute atomic E-state index is 0.672. The van der Waals surface area contributed by atoms with Crippen molar-refractivity contribution >= 4 is 15.9 Å². The fourth-order valence-electron chi connectivity index (χ4n) is 1.58. The number of hydrogen-bond donors (Lipinski definition) is 1. The van der Waals surface area contributed by atoms with Gasteiger partial charge in [-0.1, -0.05) is 22.0 Å². The Hall–Kier alpha value is -1.26. The summed E-state index contributed by atoms with van der Waals surface area (Å²) >= 11 is 3.40. The molecule has 1 N–H and O–H groups in total. The second-order valence-corrected chi connectivity index (χ2v) is 4.49. The van der Waals surface area contributed by atoms with Crippen LogP contribution in [0.25, 0.3) is 0 Å². The van der Waals surface area contributed by atoms with Crippen LogP contribution in [0.15, 0.2) is 41.4 Å². The zero-order valence-electron chi connectivity index (χ0n) is 8.76. The molecule has 4 heteroatoms. The van der Waals surface area contributed by atoms with Crippen molar-refractivity contribution in [2.24, 2.45) is 0 Å². The third-order valence-electron chi connectivity index (χ3n) is 2.42. The predicted molar refractivity (Wildman–Crippen MR) is 65.0 cm³/mol. The van der Waals surface area contributed by atoms with Crippen LogP contribution in [0, 0.1) is 6.92 Å². The number of nitrogens with zero attached hydrogens (tertiary/aromatic N) is 2. The first-order chi connectivity index (χ1) is 7.68. The van der Waals surface area contributed by atoms with Crippen molar-refractivity contribution in [3.63, 3.8) is 0 Å². The van der Waals surface area contributed by atoms with Gasteiger partial charge < -0.3 is 5.11 Å². The Kier molecular flexibility index (Phi) is 3.31. The molecule has 0 saturated heterocycles. The van der Waals surface area contributed by atoms with Gasteiger partial charge in [0.15, 0.2) is 0 Å². The first-order valence-corrected chi connectivity index (χ1v) is 5.67. The van der Waals surface area contributed by atoms with Crippen molar-refractivity contribution in [3.8, 4) is 0 Å². The molecule has 0 aliphatic heterocycles. The molecule has 3 nitrogen and oxygen atoms in total. The third kappa shape index (κ3) is 2.28. The maximum absolute atomic E-state index is 10.2. The molecule has 2 rings (SSSR count). The van der Waals surface area contributed by atoms with Crippen molar-refractivity contribution in [3.05, 3.63) is 58.1 Å². The highest BCUT2D eigenvalue weighted by molar-refractivity contribution is 9.10. The summed E-state index contributed by atoms with van der Waals surface area (Å²) in [7, 11) is 0. The van der Waals surface area contributed by atoms with Gasteiger partial charge >= 0.3 is 0 Å². The molecule has 0 radical (unpaired) electrons. The van der Waals surface area contributed by atoms with Gasteiger partial charge in [-0.3, -0.25) is 0 Å². The maximum Gasteiger partial charge on any atom is 0.115 e. The maximum atomic E-state index is 10.2. The lowest BCUT2D eigenvalue weighted by Crippen LogP contribution is -2.02. The average Bonchev–Trinajstić information content (AvgIpc) is 2.29. The molecule has 1 unspecified atom stereocenters. The van der Waals surface area contributed by atoms with Gasteiger partial charge in [-0.2, -0.15) is 0 Å². The molecular weight excluding hydrogens is 268 g/mol. The van der Waals surface area contributed by atoms with E-state index in [1.165, 1.54) is 6.33 Å². The van der Waals surface area contributed by atoms with Gasteiger partial charge in [0.1, 0.15) is 12.4 Å². The number of benzene rings is 1. The van der Waals surface area contributed by atoms with Crippen LogP contribution in [0.2, 0.25) is 0 Å². The molecule has 0 amide bonds. The van der Waals surface area contributed by atoms with Crippen LogP contribution in [0.5, 0.6) is 0 Å². The minimum atomic E-state index is -0.672. The Morgan fingerprint density at radius 2 is 1.94 bits per heavy atom. The van der Waals surface area contributed by atoms with Crippen LogP contribution in [-0.2, 0) is 0 Å². The van der Waals surface area contributed by atoms with E-state index in [-0.39, 0.29) is 0 Å². The molecule has 0 aliphatic rings. The van der Waals surface area contributed by atoms with Crippen molar-refractivity contribution in [2.75, 3.05) is 0 Å². The molecule has 2 aromatic rings. The van der Waals surface area contributed by atoms with Crippen molar-refractivity contribution in [2.45, 2.75) is 13.0 Å². The number of aromatic nitrogens is 2. The molecule has 82 valence electrons. The highest BCUT2D eigenvalue weighted by Crippen LogP contribution is 2.25. The van der Waals surface area contributed by atoms with E-state index in [9.17, 15) is 5.11 Å². The molecule has 1 heterocycles. The molecule has 1 aromatic heterocycles. The first-order valence-electron chi connectivity index (χ1n) is 4.87. The second-order valence-electron chi connectivity index (χ2n) is 3.58. The molecule has 1 atom stereocenters.